The summed E-state index contributed by atoms with van der Waals surface area (Å²) in [5.41, 5.74) is 0.855. The minimum Gasteiger partial charge on any atom is -0.481 e. The summed E-state index contributed by atoms with van der Waals surface area (Å²) in [5, 5.41) is 10.1. The third-order valence-corrected chi connectivity index (χ3v) is 6.37. The molecular weight excluding hydrogens is 414 g/mol. The summed E-state index contributed by atoms with van der Waals surface area (Å²) in [6.07, 6.45) is 3.35. The molecule has 0 radical (unpaired) electrons. The van der Waals surface area contributed by atoms with Gasteiger partial charge < -0.3 is 9.84 Å². The van der Waals surface area contributed by atoms with Gasteiger partial charge >= 0.3 is 11.9 Å². The van der Waals surface area contributed by atoms with Crippen LogP contribution in [-0.4, -0.2) is 34.1 Å². The number of hydrogen-bond acceptors (Lipinski definition) is 4. The predicted octanol–water partition coefficient (Wildman–Crippen LogP) is 5.68. The molecule has 2 aromatic rings. The first-order valence-electron chi connectivity index (χ1n) is 11.9. The number of ether oxygens (including phenoxy) is 1. The Morgan fingerprint density at radius 3 is 1.85 bits per heavy atom. The van der Waals surface area contributed by atoms with Crippen molar-refractivity contribution in [1.29, 1.82) is 0 Å². The number of esters is 1. The fraction of sp³-hybridized carbons (Fsp3) is 0.500. The molecule has 1 saturated carbocycles. The van der Waals surface area contributed by atoms with Crippen molar-refractivity contribution in [2.75, 3.05) is 6.54 Å². The molecule has 5 heteroatoms. The molecule has 1 unspecified atom stereocenters. The molecule has 178 valence electrons. The zero-order chi connectivity index (χ0) is 23.9. The fourth-order valence-corrected chi connectivity index (χ4v) is 4.82. The lowest BCUT2D eigenvalue weighted by atomic mass is 9.77. The molecule has 1 atom stereocenters. The monoisotopic (exact) mass is 451 g/mol. The van der Waals surface area contributed by atoms with E-state index in [1.165, 1.54) is 0 Å². The van der Waals surface area contributed by atoms with E-state index in [0.29, 0.717) is 38.9 Å². The minimum absolute atomic E-state index is 0.304. The van der Waals surface area contributed by atoms with Crippen molar-refractivity contribution in [2.45, 2.75) is 71.6 Å². The predicted molar refractivity (Wildman–Crippen MR) is 129 cm³/mol. The number of carboxylic acids is 1. The lowest BCUT2D eigenvalue weighted by Crippen LogP contribution is -2.41. The Morgan fingerprint density at radius 2 is 1.42 bits per heavy atom. The van der Waals surface area contributed by atoms with E-state index in [2.05, 4.69) is 29.2 Å². The number of rotatable bonds is 10. The van der Waals surface area contributed by atoms with Crippen LogP contribution in [0.5, 0.6) is 0 Å². The average molecular weight is 452 g/mol. The van der Waals surface area contributed by atoms with Crippen LogP contribution in [0.25, 0.3) is 0 Å². The molecule has 2 aromatic carbocycles. The zero-order valence-electron chi connectivity index (χ0n) is 20.1. The van der Waals surface area contributed by atoms with Gasteiger partial charge in [-0.15, -0.1) is 0 Å². The van der Waals surface area contributed by atoms with E-state index in [-0.39, 0.29) is 5.97 Å². The first-order valence-corrected chi connectivity index (χ1v) is 11.9. The summed E-state index contributed by atoms with van der Waals surface area (Å²) < 4.78 is 5.78. The van der Waals surface area contributed by atoms with Gasteiger partial charge in [0.25, 0.3) is 0 Å². The van der Waals surface area contributed by atoms with Gasteiger partial charge in [0.05, 0.1) is 11.3 Å². The van der Waals surface area contributed by atoms with E-state index in [1.54, 1.807) is 0 Å². The van der Waals surface area contributed by atoms with Crippen molar-refractivity contribution in [2.24, 2.45) is 11.3 Å². The Bertz CT molecular complexity index is 857. The maximum Gasteiger partial charge on any atom is 0.310 e. The summed E-state index contributed by atoms with van der Waals surface area (Å²) in [6, 6.07) is 20.4. The second kappa shape index (κ2) is 11.0. The average Bonchev–Trinajstić information content (AvgIpc) is 3.23. The van der Waals surface area contributed by atoms with Gasteiger partial charge in [-0.1, -0.05) is 73.5 Å². The number of carbonyl (C=O) groups excluding carboxylic acids is 1. The van der Waals surface area contributed by atoms with Crippen molar-refractivity contribution in [3.05, 3.63) is 71.8 Å². The fourth-order valence-electron chi connectivity index (χ4n) is 4.82. The first-order chi connectivity index (χ1) is 15.7. The molecule has 1 aliphatic rings. The molecule has 0 spiro atoms. The molecule has 0 aliphatic heterocycles. The third kappa shape index (κ3) is 7.43. The van der Waals surface area contributed by atoms with E-state index < -0.39 is 22.9 Å². The highest BCUT2D eigenvalue weighted by Gasteiger charge is 2.45. The van der Waals surface area contributed by atoms with Crippen LogP contribution in [0.1, 0.15) is 64.0 Å². The second-order valence-corrected chi connectivity index (χ2v) is 10.4. The highest BCUT2D eigenvalue weighted by Crippen LogP contribution is 2.44. The van der Waals surface area contributed by atoms with Crippen LogP contribution in [0, 0.1) is 11.3 Å². The number of nitrogens with zero attached hydrogens (tertiary/aromatic N) is 1. The first kappa shape index (κ1) is 25.0. The molecule has 0 amide bonds. The second-order valence-electron chi connectivity index (χ2n) is 10.4. The quantitative estimate of drug-likeness (QED) is 0.471. The SMILES string of the molecule is CC(C)(C)OC(=O)C(CN(Cc1ccccc1)Cc1ccccc1)CC1(C(=O)O)CCCC1. The molecule has 33 heavy (non-hydrogen) atoms. The largest absolute Gasteiger partial charge is 0.481 e. The van der Waals surface area contributed by atoms with Gasteiger partial charge in [0.15, 0.2) is 0 Å². The molecule has 0 saturated heterocycles. The van der Waals surface area contributed by atoms with Crippen LogP contribution in [0.2, 0.25) is 0 Å². The van der Waals surface area contributed by atoms with Gasteiger partial charge in [-0.25, -0.2) is 0 Å². The lowest BCUT2D eigenvalue weighted by Gasteiger charge is -2.33. The van der Waals surface area contributed by atoms with Crippen molar-refractivity contribution in [3.63, 3.8) is 0 Å². The van der Waals surface area contributed by atoms with E-state index in [0.717, 1.165) is 24.0 Å². The molecule has 1 fully saturated rings. The Kier molecular flexibility index (Phi) is 8.30. The molecule has 1 aliphatic carbocycles. The summed E-state index contributed by atoms with van der Waals surface area (Å²) in [7, 11) is 0. The smallest absolute Gasteiger partial charge is 0.310 e. The lowest BCUT2D eigenvalue weighted by molar-refractivity contribution is -0.164. The Morgan fingerprint density at radius 1 is 0.939 bits per heavy atom. The minimum atomic E-state index is -0.841. The van der Waals surface area contributed by atoms with E-state index >= 15 is 0 Å². The van der Waals surface area contributed by atoms with Crippen LogP contribution in [-0.2, 0) is 27.4 Å². The number of benzene rings is 2. The molecule has 5 nitrogen and oxygen atoms in total. The van der Waals surface area contributed by atoms with Gasteiger partial charge in [-0.2, -0.15) is 0 Å². The molecule has 0 heterocycles. The Labute approximate surface area is 197 Å². The third-order valence-electron chi connectivity index (χ3n) is 6.37. The standard InChI is InChI=1S/C28H37NO4/c1-27(2,3)33-25(30)24(18-28(26(31)32)16-10-11-17-28)21-29(19-22-12-6-4-7-13-22)20-23-14-8-5-9-15-23/h4-9,12-15,24H,10-11,16-21H2,1-3H3,(H,31,32). The van der Waals surface area contributed by atoms with Crippen molar-refractivity contribution in [1.82, 2.24) is 4.90 Å². The maximum absolute atomic E-state index is 13.3. The van der Waals surface area contributed by atoms with Gasteiger partial charge in [-0.3, -0.25) is 14.5 Å². The Hall–Kier alpha value is -2.66. The van der Waals surface area contributed by atoms with Crippen LogP contribution in [0.15, 0.2) is 60.7 Å². The van der Waals surface area contributed by atoms with Gasteiger partial charge in [0, 0.05) is 19.6 Å². The molecule has 0 aromatic heterocycles. The van der Waals surface area contributed by atoms with Crippen LogP contribution >= 0.6 is 0 Å². The highest BCUT2D eigenvalue weighted by molar-refractivity contribution is 5.78. The normalized spacial score (nSPS) is 16.5. The zero-order valence-corrected chi connectivity index (χ0v) is 20.1. The van der Waals surface area contributed by atoms with Crippen molar-refractivity contribution < 1.29 is 19.4 Å². The Balaban J connectivity index is 1.87. The number of carbonyl (C=O) groups is 2. The summed E-state index contributed by atoms with van der Waals surface area (Å²) in [5.74, 6) is -1.60. The number of carboxylic acid groups (broad SMARTS) is 1. The molecule has 3 rings (SSSR count). The van der Waals surface area contributed by atoms with E-state index in [9.17, 15) is 14.7 Å². The van der Waals surface area contributed by atoms with Crippen LogP contribution < -0.4 is 0 Å². The van der Waals surface area contributed by atoms with Crippen molar-refractivity contribution in [3.8, 4) is 0 Å². The summed E-state index contributed by atoms with van der Waals surface area (Å²) in [6.45, 7) is 7.38. The van der Waals surface area contributed by atoms with Gasteiger partial charge in [-0.05, 0) is 51.2 Å². The number of aliphatic carboxylic acids is 1. The molecule has 1 N–H and O–H groups in total. The molecule has 0 bridgehead atoms. The summed E-state index contributed by atoms with van der Waals surface area (Å²) >= 11 is 0. The van der Waals surface area contributed by atoms with Crippen LogP contribution in [0.3, 0.4) is 0 Å². The van der Waals surface area contributed by atoms with Gasteiger partial charge in [0.2, 0.25) is 0 Å². The number of hydrogen-bond donors (Lipinski definition) is 1. The van der Waals surface area contributed by atoms with E-state index in [4.69, 9.17) is 4.74 Å². The molecular formula is C28H37NO4. The van der Waals surface area contributed by atoms with Gasteiger partial charge in [0.1, 0.15) is 5.60 Å². The highest BCUT2D eigenvalue weighted by atomic mass is 16.6. The van der Waals surface area contributed by atoms with Crippen LogP contribution in [0.4, 0.5) is 0 Å². The maximum atomic E-state index is 13.3. The summed E-state index contributed by atoms with van der Waals surface area (Å²) in [4.78, 5) is 27.8. The van der Waals surface area contributed by atoms with E-state index in [1.807, 2.05) is 57.2 Å². The topological polar surface area (TPSA) is 66.8 Å². The van der Waals surface area contributed by atoms with Crippen molar-refractivity contribution >= 4 is 11.9 Å².